The van der Waals surface area contributed by atoms with Gasteiger partial charge in [0.2, 0.25) is 0 Å². The Balaban J connectivity index is 1.88. The molecule has 0 saturated heterocycles. The first-order chi connectivity index (χ1) is 16.8. The van der Waals surface area contributed by atoms with Crippen LogP contribution in [0.3, 0.4) is 0 Å². The van der Waals surface area contributed by atoms with Crippen molar-refractivity contribution in [2.45, 2.75) is 38.6 Å². The van der Waals surface area contributed by atoms with E-state index in [0.29, 0.717) is 45.5 Å². The fourth-order valence-corrected chi connectivity index (χ4v) is 5.45. The first kappa shape index (κ1) is 25.0. The molecule has 0 N–H and O–H groups in total. The summed E-state index contributed by atoms with van der Waals surface area (Å²) in [7, 11) is 0. The molecule has 4 aromatic rings. The van der Waals surface area contributed by atoms with E-state index in [2.05, 4.69) is 6.07 Å². The van der Waals surface area contributed by atoms with Crippen LogP contribution in [0.15, 0.2) is 70.6 Å². The molecule has 0 fully saturated rings. The Hall–Kier alpha value is -3.09. The molecule has 0 unspecified atom stereocenters. The number of thioether (sulfide) groups is 1. The average Bonchev–Trinajstić information content (AvgIpc) is 2.83. The monoisotopic (exact) mass is 505 g/mol. The zero-order valence-electron chi connectivity index (χ0n) is 20.3. The van der Waals surface area contributed by atoms with Gasteiger partial charge >= 0.3 is 0 Å². The number of hydrogen-bond acceptors (Lipinski definition) is 4. The number of carbonyl (C=O) groups is 1. The molecule has 0 radical (unpaired) electrons. The van der Waals surface area contributed by atoms with Gasteiger partial charge in [-0.15, -0.1) is 0 Å². The summed E-state index contributed by atoms with van der Waals surface area (Å²) in [5.41, 5.74) is 4.74. The quantitative estimate of drug-likeness (QED) is 0.214. The number of aromatic nitrogens is 2. The molecule has 7 heteroatoms. The number of fused-ring (bicyclic) bond motifs is 1. The van der Waals surface area contributed by atoms with Crippen molar-refractivity contribution in [2.75, 3.05) is 13.1 Å². The molecular weight excluding hydrogens is 478 g/mol. The van der Waals surface area contributed by atoms with Gasteiger partial charge in [-0.2, -0.15) is 0 Å². The summed E-state index contributed by atoms with van der Waals surface area (Å²) in [6.45, 7) is 9.16. The highest BCUT2D eigenvalue weighted by atomic mass is 35.5. The summed E-state index contributed by atoms with van der Waals surface area (Å²) in [6, 6.07) is 18.9. The molecule has 0 aliphatic heterocycles. The molecule has 180 valence electrons. The fourth-order valence-electron chi connectivity index (χ4n) is 4.15. The predicted molar refractivity (Wildman–Crippen MR) is 145 cm³/mol. The van der Waals surface area contributed by atoms with Gasteiger partial charge in [0.15, 0.2) is 5.16 Å². The minimum Gasteiger partial charge on any atom is -0.339 e. The molecule has 4 rings (SSSR count). The molecule has 0 saturated carbocycles. The van der Waals surface area contributed by atoms with Gasteiger partial charge in [-0.3, -0.25) is 14.2 Å². The van der Waals surface area contributed by atoms with Gasteiger partial charge in [-0.1, -0.05) is 47.6 Å². The van der Waals surface area contributed by atoms with E-state index in [0.717, 1.165) is 22.4 Å². The van der Waals surface area contributed by atoms with Crippen LogP contribution in [0.2, 0.25) is 5.02 Å². The third kappa shape index (κ3) is 5.29. The van der Waals surface area contributed by atoms with Crippen LogP contribution in [0, 0.1) is 13.8 Å². The van der Waals surface area contributed by atoms with E-state index in [1.807, 2.05) is 64.1 Å². The summed E-state index contributed by atoms with van der Waals surface area (Å²) >= 11 is 7.83. The van der Waals surface area contributed by atoms with Gasteiger partial charge in [-0.05, 0) is 80.8 Å². The van der Waals surface area contributed by atoms with Crippen LogP contribution in [-0.4, -0.2) is 33.4 Å². The van der Waals surface area contributed by atoms with Crippen molar-refractivity contribution in [3.63, 3.8) is 0 Å². The summed E-state index contributed by atoms with van der Waals surface area (Å²) in [5, 5.41) is 1.70. The third-order valence-electron chi connectivity index (χ3n) is 5.92. The maximum absolute atomic E-state index is 13.8. The van der Waals surface area contributed by atoms with Crippen LogP contribution >= 0.6 is 23.4 Å². The van der Waals surface area contributed by atoms with Crippen LogP contribution in [-0.2, 0) is 5.75 Å². The smallest absolute Gasteiger partial charge is 0.266 e. The van der Waals surface area contributed by atoms with Gasteiger partial charge in [-0.25, -0.2) is 4.98 Å². The SMILES string of the molecule is CCN(CC)C(=O)c1ccc2c(=O)n(-c3cc(C)cc(C)c3)c(SCc3ccccc3Cl)nc2c1. The molecule has 0 aliphatic carbocycles. The van der Waals surface area contributed by atoms with Crippen molar-refractivity contribution in [2.24, 2.45) is 0 Å². The lowest BCUT2D eigenvalue weighted by atomic mass is 10.1. The Bertz CT molecular complexity index is 1440. The molecule has 3 aromatic carbocycles. The van der Waals surface area contributed by atoms with Crippen molar-refractivity contribution in [3.8, 4) is 5.69 Å². The van der Waals surface area contributed by atoms with Gasteiger partial charge in [0.25, 0.3) is 11.5 Å². The van der Waals surface area contributed by atoms with Crippen molar-refractivity contribution in [3.05, 3.63) is 98.3 Å². The topological polar surface area (TPSA) is 55.2 Å². The number of benzene rings is 3. The Morgan fingerprint density at radius 3 is 2.34 bits per heavy atom. The third-order valence-corrected chi connectivity index (χ3v) is 7.27. The summed E-state index contributed by atoms with van der Waals surface area (Å²) in [6.07, 6.45) is 0. The van der Waals surface area contributed by atoms with Crippen molar-refractivity contribution >= 4 is 40.2 Å². The number of nitrogens with zero attached hydrogens (tertiary/aromatic N) is 3. The summed E-state index contributed by atoms with van der Waals surface area (Å²) in [4.78, 5) is 33.3. The molecular formula is C28H28ClN3O2S. The minimum absolute atomic E-state index is 0.0672. The van der Waals surface area contributed by atoms with Crippen LogP contribution in [0.5, 0.6) is 0 Å². The van der Waals surface area contributed by atoms with E-state index in [-0.39, 0.29) is 11.5 Å². The van der Waals surface area contributed by atoms with E-state index in [9.17, 15) is 9.59 Å². The lowest BCUT2D eigenvalue weighted by Crippen LogP contribution is -2.30. The predicted octanol–water partition coefficient (Wildman–Crippen LogP) is 6.43. The standard InChI is InChI=1S/C28H28ClN3O2S/c1-5-31(6-2)26(33)20-11-12-23-25(16-20)30-28(35-17-21-9-7-8-10-24(21)29)32(27(23)34)22-14-18(3)13-19(4)15-22/h7-16H,5-6,17H2,1-4H3. The maximum Gasteiger partial charge on any atom is 0.266 e. The lowest BCUT2D eigenvalue weighted by molar-refractivity contribution is 0.0773. The maximum atomic E-state index is 13.8. The first-order valence-corrected chi connectivity index (χ1v) is 13.0. The molecule has 1 aromatic heterocycles. The summed E-state index contributed by atoms with van der Waals surface area (Å²) < 4.78 is 1.66. The molecule has 1 heterocycles. The highest BCUT2D eigenvalue weighted by Crippen LogP contribution is 2.28. The van der Waals surface area contributed by atoms with Crippen molar-refractivity contribution < 1.29 is 4.79 Å². The molecule has 0 bridgehead atoms. The second-order valence-corrected chi connectivity index (χ2v) is 9.82. The second kappa shape index (κ2) is 10.7. The molecule has 0 aliphatic rings. The molecule has 35 heavy (non-hydrogen) atoms. The lowest BCUT2D eigenvalue weighted by Gasteiger charge is -2.19. The van der Waals surface area contributed by atoms with Gasteiger partial charge in [0.05, 0.1) is 16.6 Å². The average molecular weight is 506 g/mol. The molecule has 5 nitrogen and oxygen atoms in total. The Morgan fingerprint density at radius 2 is 1.69 bits per heavy atom. The van der Waals surface area contributed by atoms with E-state index >= 15 is 0 Å². The van der Waals surface area contributed by atoms with Crippen LogP contribution in [0.25, 0.3) is 16.6 Å². The zero-order chi connectivity index (χ0) is 25.1. The zero-order valence-corrected chi connectivity index (χ0v) is 21.9. The highest BCUT2D eigenvalue weighted by Gasteiger charge is 2.18. The van der Waals surface area contributed by atoms with Gasteiger partial charge in [0.1, 0.15) is 0 Å². The van der Waals surface area contributed by atoms with Gasteiger partial charge < -0.3 is 4.90 Å². The molecule has 0 atom stereocenters. The fraction of sp³-hybridized carbons (Fsp3) is 0.250. The number of rotatable bonds is 7. The molecule has 0 spiro atoms. The second-order valence-electron chi connectivity index (χ2n) is 8.47. The molecule has 1 amide bonds. The van der Waals surface area contributed by atoms with Crippen LogP contribution < -0.4 is 5.56 Å². The largest absolute Gasteiger partial charge is 0.339 e. The van der Waals surface area contributed by atoms with Crippen molar-refractivity contribution in [1.82, 2.24) is 14.5 Å². The van der Waals surface area contributed by atoms with E-state index in [1.165, 1.54) is 11.8 Å². The van der Waals surface area contributed by atoms with E-state index < -0.39 is 0 Å². The van der Waals surface area contributed by atoms with E-state index in [1.54, 1.807) is 27.7 Å². The van der Waals surface area contributed by atoms with Crippen molar-refractivity contribution in [1.29, 1.82) is 0 Å². The Morgan fingerprint density at radius 1 is 1.00 bits per heavy atom. The number of hydrogen-bond donors (Lipinski definition) is 0. The van der Waals surface area contributed by atoms with Gasteiger partial charge in [0, 0.05) is 29.4 Å². The number of carbonyl (C=O) groups excluding carboxylic acids is 1. The number of aryl methyl sites for hydroxylation is 2. The van der Waals surface area contributed by atoms with Crippen LogP contribution in [0.4, 0.5) is 0 Å². The van der Waals surface area contributed by atoms with Crippen LogP contribution in [0.1, 0.15) is 40.9 Å². The Labute approximate surface area is 214 Å². The minimum atomic E-state index is -0.163. The number of halogens is 1. The first-order valence-electron chi connectivity index (χ1n) is 11.6. The Kier molecular flexibility index (Phi) is 7.63. The van der Waals surface area contributed by atoms with E-state index in [4.69, 9.17) is 16.6 Å². The number of amides is 1. The normalized spacial score (nSPS) is 11.1. The highest BCUT2D eigenvalue weighted by molar-refractivity contribution is 7.98. The summed E-state index contributed by atoms with van der Waals surface area (Å²) in [5.74, 6) is 0.489.